The van der Waals surface area contributed by atoms with Crippen molar-refractivity contribution in [3.05, 3.63) is 73.3 Å². The molecule has 0 aromatic heterocycles. The number of nitro groups is 2. The molecule has 124 valence electrons. The van der Waals surface area contributed by atoms with Crippen LogP contribution in [0.5, 0.6) is 0 Å². The molecule has 2 aromatic rings. The van der Waals surface area contributed by atoms with E-state index in [2.05, 4.69) is 5.32 Å². The summed E-state index contributed by atoms with van der Waals surface area (Å²) in [7, 11) is 0. The summed E-state index contributed by atoms with van der Waals surface area (Å²) < 4.78 is 4.91. The minimum Gasteiger partial charge on any atom is -0.444 e. The molecule has 0 radical (unpaired) electrons. The molecule has 0 saturated heterocycles. The van der Waals surface area contributed by atoms with Crippen molar-refractivity contribution in [2.24, 2.45) is 0 Å². The molecule has 0 heterocycles. The molecule has 0 fully saturated rings. The second-order valence-electron chi connectivity index (χ2n) is 4.51. The van der Waals surface area contributed by atoms with Crippen molar-refractivity contribution in [3.8, 4) is 0 Å². The SMILES string of the molecule is O=C(Nc1ccc([N+](=O)[O-])cc1Cl)OCc1ccccc1[N+](=O)[O-]. The van der Waals surface area contributed by atoms with Crippen molar-refractivity contribution >= 4 is 34.8 Å². The molecule has 24 heavy (non-hydrogen) atoms. The Morgan fingerprint density at radius 2 is 1.83 bits per heavy atom. The van der Waals surface area contributed by atoms with Crippen molar-refractivity contribution in [2.75, 3.05) is 5.32 Å². The van der Waals surface area contributed by atoms with Crippen molar-refractivity contribution in [1.29, 1.82) is 0 Å². The topological polar surface area (TPSA) is 125 Å². The van der Waals surface area contributed by atoms with Crippen molar-refractivity contribution in [3.63, 3.8) is 0 Å². The minimum atomic E-state index is -0.899. The number of carbonyl (C=O) groups excluding carboxylic acids is 1. The number of nitro benzene ring substituents is 2. The maximum absolute atomic E-state index is 11.7. The Kier molecular flexibility index (Phi) is 5.27. The number of amides is 1. The fourth-order valence-corrected chi connectivity index (χ4v) is 2.04. The van der Waals surface area contributed by atoms with Gasteiger partial charge in [-0.15, -0.1) is 0 Å². The number of nitrogens with one attached hydrogen (secondary N) is 1. The van der Waals surface area contributed by atoms with Crippen molar-refractivity contribution in [2.45, 2.75) is 6.61 Å². The fourth-order valence-electron chi connectivity index (χ4n) is 1.82. The van der Waals surface area contributed by atoms with Gasteiger partial charge in [-0.2, -0.15) is 0 Å². The lowest BCUT2D eigenvalue weighted by molar-refractivity contribution is -0.385. The second kappa shape index (κ2) is 7.38. The molecule has 9 nitrogen and oxygen atoms in total. The van der Waals surface area contributed by atoms with E-state index in [0.29, 0.717) is 0 Å². The molecule has 0 aliphatic heterocycles. The Morgan fingerprint density at radius 1 is 1.12 bits per heavy atom. The van der Waals surface area contributed by atoms with Crippen LogP contribution in [0.1, 0.15) is 5.56 Å². The summed E-state index contributed by atoms with van der Waals surface area (Å²) in [6.07, 6.45) is -0.899. The van der Waals surface area contributed by atoms with Gasteiger partial charge in [-0.3, -0.25) is 25.5 Å². The first-order chi connectivity index (χ1) is 11.4. The summed E-state index contributed by atoms with van der Waals surface area (Å²) in [5, 5.41) is 23.8. The highest BCUT2D eigenvalue weighted by molar-refractivity contribution is 6.33. The molecular formula is C14H10ClN3O6. The van der Waals surface area contributed by atoms with Gasteiger partial charge in [-0.25, -0.2) is 4.79 Å². The number of rotatable bonds is 5. The van der Waals surface area contributed by atoms with E-state index in [0.717, 1.165) is 6.07 Å². The monoisotopic (exact) mass is 351 g/mol. The number of carbonyl (C=O) groups is 1. The summed E-state index contributed by atoms with van der Waals surface area (Å²) >= 11 is 5.84. The number of hydrogen-bond donors (Lipinski definition) is 1. The first-order valence-electron chi connectivity index (χ1n) is 6.48. The van der Waals surface area contributed by atoms with Crippen LogP contribution in [0.3, 0.4) is 0 Å². The van der Waals surface area contributed by atoms with Crippen LogP contribution in [-0.4, -0.2) is 15.9 Å². The molecule has 2 rings (SSSR count). The Labute approximate surface area is 140 Å². The highest BCUT2D eigenvalue weighted by Gasteiger charge is 2.15. The number of nitrogens with zero attached hydrogens (tertiary/aromatic N) is 2. The highest BCUT2D eigenvalue weighted by atomic mass is 35.5. The molecule has 0 atom stereocenters. The Balaban J connectivity index is 2.02. The van der Waals surface area contributed by atoms with E-state index < -0.39 is 15.9 Å². The fraction of sp³-hybridized carbons (Fsp3) is 0.0714. The van der Waals surface area contributed by atoms with E-state index in [9.17, 15) is 25.0 Å². The van der Waals surface area contributed by atoms with Crippen LogP contribution in [0.4, 0.5) is 21.9 Å². The van der Waals surface area contributed by atoms with E-state index in [1.54, 1.807) is 6.07 Å². The third-order valence-corrected chi connectivity index (χ3v) is 3.26. The predicted molar refractivity (Wildman–Crippen MR) is 85.0 cm³/mol. The number of benzene rings is 2. The summed E-state index contributed by atoms with van der Waals surface area (Å²) in [5.74, 6) is 0. The maximum Gasteiger partial charge on any atom is 0.412 e. The molecule has 1 N–H and O–H groups in total. The normalized spacial score (nSPS) is 10.0. The molecule has 1 amide bonds. The van der Waals surface area contributed by atoms with Gasteiger partial charge in [0, 0.05) is 18.2 Å². The van der Waals surface area contributed by atoms with Gasteiger partial charge < -0.3 is 4.74 Å². The second-order valence-corrected chi connectivity index (χ2v) is 4.92. The zero-order valence-electron chi connectivity index (χ0n) is 12.0. The zero-order valence-corrected chi connectivity index (χ0v) is 12.7. The zero-order chi connectivity index (χ0) is 17.7. The minimum absolute atomic E-state index is 0.0353. The van der Waals surface area contributed by atoms with Crippen LogP contribution in [-0.2, 0) is 11.3 Å². The van der Waals surface area contributed by atoms with Gasteiger partial charge in [0.2, 0.25) is 0 Å². The van der Waals surface area contributed by atoms with E-state index in [4.69, 9.17) is 16.3 Å². The third kappa shape index (κ3) is 4.17. The van der Waals surface area contributed by atoms with Crippen LogP contribution >= 0.6 is 11.6 Å². The van der Waals surface area contributed by atoms with E-state index in [-0.39, 0.29) is 34.3 Å². The summed E-state index contributed by atoms with van der Waals surface area (Å²) in [4.78, 5) is 32.0. The molecule has 0 aliphatic rings. The van der Waals surface area contributed by atoms with Gasteiger partial charge in [0.05, 0.1) is 26.1 Å². The maximum atomic E-state index is 11.7. The van der Waals surface area contributed by atoms with Crippen LogP contribution in [0.2, 0.25) is 5.02 Å². The largest absolute Gasteiger partial charge is 0.444 e. The number of hydrogen-bond acceptors (Lipinski definition) is 6. The van der Waals surface area contributed by atoms with E-state index in [1.165, 1.54) is 30.3 Å². The molecule has 10 heteroatoms. The average molecular weight is 352 g/mol. The van der Waals surface area contributed by atoms with Crippen LogP contribution in [0.25, 0.3) is 0 Å². The highest BCUT2D eigenvalue weighted by Crippen LogP contribution is 2.27. The van der Waals surface area contributed by atoms with Crippen molar-refractivity contribution < 1.29 is 19.4 Å². The molecule has 0 bridgehead atoms. The van der Waals surface area contributed by atoms with Crippen LogP contribution in [0.15, 0.2) is 42.5 Å². The quantitative estimate of drug-likeness (QED) is 0.643. The van der Waals surface area contributed by atoms with Gasteiger partial charge in [-0.1, -0.05) is 23.7 Å². The van der Waals surface area contributed by atoms with Gasteiger partial charge in [0.1, 0.15) is 6.61 Å². The van der Waals surface area contributed by atoms with Crippen LogP contribution in [0, 0.1) is 20.2 Å². The Bertz CT molecular complexity index is 811. The lowest BCUT2D eigenvalue weighted by Crippen LogP contribution is -2.14. The molecular weight excluding hydrogens is 342 g/mol. The van der Waals surface area contributed by atoms with E-state index in [1.807, 2.05) is 0 Å². The summed E-state index contributed by atoms with van der Waals surface area (Å²) in [5.41, 5.74) is -0.0419. The Morgan fingerprint density at radius 3 is 2.46 bits per heavy atom. The predicted octanol–water partition coefficient (Wildman–Crippen LogP) is 3.91. The number of ether oxygens (including phenoxy) is 1. The first-order valence-corrected chi connectivity index (χ1v) is 6.86. The standard InChI is InChI=1S/C14H10ClN3O6/c15-11-7-10(17(20)21)5-6-12(11)16-14(19)24-8-9-3-1-2-4-13(9)18(22)23/h1-7H,8H2,(H,16,19). The lowest BCUT2D eigenvalue weighted by atomic mass is 10.2. The third-order valence-electron chi connectivity index (χ3n) is 2.95. The van der Waals surface area contributed by atoms with Gasteiger partial charge in [0.25, 0.3) is 11.4 Å². The molecule has 2 aromatic carbocycles. The smallest absolute Gasteiger partial charge is 0.412 e. The summed E-state index contributed by atoms with van der Waals surface area (Å²) in [6.45, 7) is -0.312. The molecule has 0 unspecified atom stereocenters. The van der Waals surface area contributed by atoms with Gasteiger partial charge >= 0.3 is 6.09 Å². The number of halogens is 1. The number of anilines is 1. The number of para-hydroxylation sites is 1. The lowest BCUT2D eigenvalue weighted by Gasteiger charge is -2.08. The van der Waals surface area contributed by atoms with Crippen LogP contribution < -0.4 is 5.32 Å². The number of non-ortho nitro benzene ring substituents is 1. The average Bonchev–Trinajstić information content (AvgIpc) is 2.54. The van der Waals surface area contributed by atoms with Gasteiger partial charge in [-0.05, 0) is 12.1 Å². The molecule has 0 aliphatic carbocycles. The molecule has 0 saturated carbocycles. The van der Waals surface area contributed by atoms with E-state index >= 15 is 0 Å². The first kappa shape index (κ1) is 17.2. The molecule has 0 spiro atoms. The van der Waals surface area contributed by atoms with Crippen molar-refractivity contribution in [1.82, 2.24) is 0 Å². The Hall–Kier alpha value is -3.20. The van der Waals surface area contributed by atoms with Gasteiger partial charge in [0.15, 0.2) is 0 Å². The summed E-state index contributed by atoms with van der Waals surface area (Å²) in [6, 6.07) is 9.35.